The van der Waals surface area contributed by atoms with Crippen molar-refractivity contribution in [3.8, 4) is 0 Å². The Labute approximate surface area is 116 Å². The molecular formula is C13H25ClN2O2. The smallest absolute Gasteiger partial charge is 0.226 e. The largest absolute Gasteiger partial charge is 0.381 e. The molecule has 0 saturated carbocycles. The van der Waals surface area contributed by atoms with Gasteiger partial charge in [0.2, 0.25) is 5.91 Å². The van der Waals surface area contributed by atoms with Gasteiger partial charge in [-0.25, -0.2) is 0 Å². The van der Waals surface area contributed by atoms with Crippen molar-refractivity contribution in [1.29, 1.82) is 0 Å². The summed E-state index contributed by atoms with van der Waals surface area (Å²) in [5, 5.41) is 0. The number of piperidine rings is 1. The summed E-state index contributed by atoms with van der Waals surface area (Å²) < 4.78 is 5.32. The maximum absolute atomic E-state index is 12.5. The Morgan fingerprint density at radius 3 is 2.61 bits per heavy atom. The van der Waals surface area contributed by atoms with Crippen LogP contribution in [0.25, 0.3) is 0 Å². The average Bonchev–Trinajstić information content (AvgIpc) is 2.38. The zero-order chi connectivity index (χ0) is 12.3. The molecule has 2 fully saturated rings. The second-order valence-corrected chi connectivity index (χ2v) is 5.34. The van der Waals surface area contributed by atoms with Crippen LogP contribution in [0.15, 0.2) is 0 Å². The quantitative estimate of drug-likeness (QED) is 0.830. The number of nitrogens with zero attached hydrogens (tertiary/aromatic N) is 1. The summed E-state index contributed by atoms with van der Waals surface area (Å²) >= 11 is 0. The van der Waals surface area contributed by atoms with Crippen molar-refractivity contribution in [2.45, 2.75) is 38.6 Å². The van der Waals surface area contributed by atoms with Gasteiger partial charge in [-0.2, -0.15) is 0 Å². The van der Waals surface area contributed by atoms with E-state index in [-0.39, 0.29) is 24.4 Å². The van der Waals surface area contributed by atoms with Crippen LogP contribution in [0.5, 0.6) is 0 Å². The number of amides is 1. The summed E-state index contributed by atoms with van der Waals surface area (Å²) in [6, 6.07) is 0.249. The lowest BCUT2D eigenvalue weighted by atomic mass is 9.88. The Balaban J connectivity index is 0.00000162. The summed E-state index contributed by atoms with van der Waals surface area (Å²) in [5.74, 6) is 1.02. The Kier molecular flexibility index (Phi) is 6.39. The van der Waals surface area contributed by atoms with Gasteiger partial charge in [-0.1, -0.05) is 6.92 Å². The van der Waals surface area contributed by atoms with Gasteiger partial charge in [0.25, 0.3) is 0 Å². The molecule has 5 heteroatoms. The van der Waals surface area contributed by atoms with Crippen molar-refractivity contribution in [3.63, 3.8) is 0 Å². The molecule has 2 N–H and O–H groups in total. The summed E-state index contributed by atoms with van der Waals surface area (Å²) in [6.45, 7) is 5.15. The normalized spacial score (nSPS) is 29.8. The molecule has 2 saturated heterocycles. The number of hydrogen-bond acceptors (Lipinski definition) is 3. The maximum atomic E-state index is 12.5. The number of nitrogens with two attached hydrogens (primary N) is 1. The molecule has 0 aromatic heterocycles. The molecule has 0 aliphatic carbocycles. The van der Waals surface area contributed by atoms with Gasteiger partial charge < -0.3 is 15.4 Å². The van der Waals surface area contributed by atoms with Crippen LogP contribution in [0.3, 0.4) is 0 Å². The Hall–Kier alpha value is -0.320. The minimum atomic E-state index is 0. The second-order valence-electron chi connectivity index (χ2n) is 5.34. The van der Waals surface area contributed by atoms with Gasteiger partial charge in [0.15, 0.2) is 0 Å². The van der Waals surface area contributed by atoms with Crippen molar-refractivity contribution in [2.24, 2.45) is 17.6 Å². The predicted molar refractivity (Wildman–Crippen MR) is 73.7 cm³/mol. The molecular weight excluding hydrogens is 252 g/mol. The fourth-order valence-corrected chi connectivity index (χ4v) is 3.06. The highest BCUT2D eigenvalue weighted by molar-refractivity contribution is 5.85. The first kappa shape index (κ1) is 15.7. The average molecular weight is 277 g/mol. The first-order valence-corrected chi connectivity index (χ1v) is 6.82. The standard InChI is InChI=1S/C13H24N2O2.ClH/c1-10-3-2-6-15(12(10)9-14)13(16)11-4-7-17-8-5-11;/h10-12H,2-9,14H2,1H3;1H. The van der Waals surface area contributed by atoms with Crippen LogP contribution in [-0.2, 0) is 9.53 Å². The molecule has 1 amide bonds. The van der Waals surface area contributed by atoms with Gasteiger partial charge in [0.05, 0.1) is 0 Å². The van der Waals surface area contributed by atoms with Gasteiger partial charge >= 0.3 is 0 Å². The number of ether oxygens (including phenoxy) is 1. The van der Waals surface area contributed by atoms with Gasteiger partial charge in [-0.15, -0.1) is 12.4 Å². The molecule has 4 nitrogen and oxygen atoms in total. The van der Waals surface area contributed by atoms with Gasteiger partial charge in [-0.3, -0.25) is 4.79 Å². The van der Waals surface area contributed by atoms with E-state index < -0.39 is 0 Å². The molecule has 2 unspecified atom stereocenters. The van der Waals surface area contributed by atoms with Crippen molar-refractivity contribution in [2.75, 3.05) is 26.3 Å². The molecule has 2 heterocycles. The van der Waals surface area contributed by atoms with Gasteiger partial charge in [0.1, 0.15) is 0 Å². The van der Waals surface area contributed by atoms with E-state index in [4.69, 9.17) is 10.5 Å². The molecule has 2 aliphatic heterocycles. The number of hydrogen-bond donors (Lipinski definition) is 1. The van der Waals surface area contributed by atoms with E-state index in [2.05, 4.69) is 6.92 Å². The third-order valence-electron chi connectivity index (χ3n) is 4.21. The summed E-state index contributed by atoms with van der Waals surface area (Å²) in [4.78, 5) is 14.5. The zero-order valence-electron chi connectivity index (χ0n) is 11.1. The fraction of sp³-hybridized carbons (Fsp3) is 0.923. The second kappa shape index (κ2) is 7.31. The maximum Gasteiger partial charge on any atom is 0.226 e. The molecule has 106 valence electrons. The molecule has 2 atom stereocenters. The van der Waals surface area contributed by atoms with Crippen molar-refractivity contribution >= 4 is 18.3 Å². The lowest BCUT2D eigenvalue weighted by Crippen LogP contribution is -2.53. The predicted octanol–water partition coefficient (Wildman–Crippen LogP) is 1.42. The highest BCUT2D eigenvalue weighted by atomic mass is 35.5. The summed E-state index contributed by atoms with van der Waals surface area (Å²) in [5.41, 5.74) is 5.83. The monoisotopic (exact) mass is 276 g/mol. The molecule has 2 rings (SSSR count). The first-order valence-electron chi connectivity index (χ1n) is 6.82. The molecule has 0 aromatic rings. The van der Waals surface area contributed by atoms with Crippen LogP contribution in [0.1, 0.15) is 32.6 Å². The number of halogens is 1. The van der Waals surface area contributed by atoms with Crippen LogP contribution < -0.4 is 5.73 Å². The van der Waals surface area contributed by atoms with E-state index in [1.54, 1.807) is 0 Å². The van der Waals surface area contributed by atoms with E-state index >= 15 is 0 Å². The summed E-state index contributed by atoms with van der Waals surface area (Å²) in [6.07, 6.45) is 4.06. The van der Waals surface area contributed by atoms with Crippen LogP contribution in [0.4, 0.5) is 0 Å². The number of likely N-dealkylation sites (tertiary alicyclic amines) is 1. The van der Waals surface area contributed by atoms with Crippen LogP contribution in [-0.4, -0.2) is 43.2 Å². The minimum absolute atomic E-state index is 0. The topological polar surface area (TPSA) is 55.6 Å². The molecule has 0 radical (unpaired) electrons. The molecule has 2 aliphatic rings. The van der Waals surface area contributed by atoms with E-state index in [1.165, 1.54) is 6.42 Å². The lowest BCUT2D eigenvalue weighted by Gasteiger charge is -2.41. The third kappa shape index (κ3) is 3.37. The molecule has 0 bridgehead atoms. The Morgan fingerprint density at radius 2 is 2.00 bits per heavy atom. The minimum Gasteiger partial charge on any atom is -0.381 e. The van der Waals surface area contributed by atoms with Crippen molar-refractivity contribution in [3.05, 3.63) is 0 Å². The SMILES string of the molecule is CC1CCCN(C(=O)C2CCOCC2)C1CN.Cl. The van der Waals surface area contributed by atoms with Crippen LogP contribution in [0, 0.1) is 11.8 Å². The lowest BCUT2D eigenvalue weighted by molar-refractivity contribution is -0.143. The fourth-order valence-electron chi connectivity index (χ4n) is 3.06. The first-order chi connectivity index (χ1) is 8.24. The van der Waals surface area contributed by atoms with E-state index in [0.29, 0.717) is 18.4 Å². The van der Waals surface area contributed by atoms with E-state index in [9.17, 15) is 4.79 Å². The molecule has 18 heavy (non-hydrogen) atoms. The van der Waals surface area contributed by atoms with E-state index in [0.717, 1.165) is 39.0 Å². The van der Waals surface area contributed by atoms with Crippen LogP contribution in [0.2, 0.25) is 0 Å². The van der Waals surface area contributed by atoms with Crippen LogP contribution >= 0.6 is 12.4 Å². The van der Waals surface area contributed by atoms with Crippen molar-refractivity contribution in [1.82, 2.24) is 4.90 Å². The molecule has 0 aromatic carbocycles. The highest BCUT2D eigenvalue weighted by Crippen LogP contribution is 2.26. The zero-order valence-corrected chi connectivity index (χ0v) is 12.0. The van der Waals surface area contributed by atoms with Gasteiger partial charge in [-0.05, 0) is 31.6 Å². The number of rotatable bonds is 2. The highest BCUT2D eigenvalue weighted by Gasteiger charge is 2.34. The number of carbonyl (C=O) groups excluding carboxylic acids is 1. The number of carbonyl (C=O) groups is 1. The van der Waals surface area contributed by atoms with Crippen molar-refractivity contribution < 1.29 is 9.53 Å². The Morgan fingerprint density at radius 1 is 1.33 bits per heavy atom. The van der Waals surface area contributed by atoms with Gasteiger partial charge in [0, 0.05) is 38.3 Å². The van der Waals surface area contributed by atoms with E-state index in [1.807, 2.05) is 4.90 Å². The molecule has 0 spiro atoms. The third-order valence-corrected chi connectivity index (χ3v) is 4.21. The summed E-state index contributed by atoms with van der Waals surface area (Å²) in [7, 11) is 0. The Bertz CT molecular complexity index is 270.